The van der Waals surface area contributed by atoms with E-state index in [2.05, 4.69) is 5.16 Å². The van der Waals surface area contributed by atoms with E-state index < -0.39 is 11.9 Å². The van der Waals surface area contributed by atoms with Gasteiger partial charge in [0.1, 0.15) is 43.5 Å². The maximum absolute atomic E-state index is 11.0. The third-order valence-electron chi connectivity index (χ3n) is 4.81. The Morgan fingerprint density at radius 3 is 2.29 bits per heavy atom. The molecular formula is C28H30N2O5. The summed E-state index contributed by atoms with van der Waals surface area (Å²) < 4.78 is 11.7. The predicted molar refractivity (Wildman–Crippen MR) is 134 cm³/mol. The van der Waals surface area contributed by atoms with Crippen LogP contribution in [0.1, 0.15) is 30.5 Å². The molecule has 3 aromatic rings. The van der Waals surface area contributed by atoms with Gasteiger partial charge >= 0.3 is 5.97 Å². The fourth-order valence-electron chi connectivity index (χ4n) is 3.09. The first-order chi connectivity index (χ1) is 17.1. The van der Waals surface area contributed by atoms with Crippen LogP contribution in [-0.4, -0.2) is 30.5 Å². The maximum Gasteiger partial charge on any atom is 0.321 e. The number of benzene rings is 3. The zero-order chi connectivity index (χ0) is 25.5. The number of rotatable bonds is 11. The monoisotopic (exact) mass is 474 g/mol. The number of oxime groups is 1. The van der Waals surface area contributed by atoms with Crippen LogP contribution in [0.5, 0.6) is 11.5 Å². The largest absolute Gasteiger partial charge is 0.489 e. The lowest BCUT2D eigenvalue weighted by molar-refractivity contribution is -0.139. The van der Waals surface area contributed by atoms with Gasteiger partial charge < -0.3 is 19.4 Å². The van der Waals surface area contributed by atoms with Crippen molar-refractivity contribution in [3.05, 3.63) is 95.6 Å². The van der Waals surface area contributed by atoms with Crippen molar-refractivity contribution in [3.8, 4) is 17.6 Å². The zero-order valence-electron chi connectivity index (χ0n) is 20.2. The SMILES string of the molecule is CC.CO/N=C(\COc1cccc(COc2ccc(CC(C#N)C(=O)O)cc2)c1)c1ccccc1. The molecular weight excluding hydrogens is 444 g/mol. The Hall–Kier alpha value is -4.31. The van der Waals surface area contributed by atoms with Crippen LogP contribution in [-0.2, 0) is 22.7 Å². The maximum atomic E-state index is 11.0. The Labute approximate surface area is 206 Å². The van der Waals surface area contributed by atoms with Gasteiger partial charge in [0, 0.05) is 5.56 Å². The highest BCUT2D eigenvalue weighted by Crippen LogP contribution is 2.19. The molecule has 0 aliphatic rings. The van der Waals surface area contributed by atoms with Crippen molar-refractivity contribution in [2.45, 2.75) is 26.9 Å². The highest BCUT2D eigenvalue weighted by atomic mass is 16.6. The standard InChI is InChI=1S/C26H24N2O5.C2H6/c1-31-28-25(21-7-3-2-4-8-21)18-33-24-9-5-6-20(15-24)17-32-23-12-10-19(11-13-23)14-22(16-27)26(29)30;1-2/h2-13,15,22H,14,17-18H2,1H3,(H,29,30);1-2H3/b28-25+;. The lowest BCUT2D eigenvalue weighted by atomic mass is 10.0. The Kier molecular flexibility index (Phi) is 11.4. The summed E-state index contributed by atoms with van der Waals surface area (Å²) in [6.07, 6.45) is 0.156. The third kappa shape index (κ3) is 8.86. The summed E-state index contributed by atoms with van der Waals surface area (Å²) in [5.41, 5.74) is 3.30. The molecule has 0 aliphatic heterocycles. The summed E-state index contributed by atoms with van der Waals surface area (Å²) in [7, 11) is 1.50. The van der Waals surface area contributed by atoms with Gasteiger partial charge in [-0.2, -0.15) is 5.26 Å². The van der Waals surface area contributed by atoms with Crippen LogP contribution in [0.15, 0.2) is 84.0 Å². The van der Waals surface area contributed by atoms with Gasteiger partial charge in [-0.15, -0.1) is 0 Å². The van der Waals surface area contributed by atoms with Gasteiger partial charge in [-0.05, 0) is 41.8 Å². The molecule has 0 aliphatic carbocycles. The molecule has 7 heteroatoms. The second-order valence-electron chi connectivity index (χ2n) is 7.18. The molecule has 3 aromatic carbocycles. The first kappa shape index (κ1) is 26.9. The Bertz CT molecular complexity index is 1120. The minimum absolute atomic E-state index is 0.156. The van der Waals surface area contributed by atoms with Crippen LogP contribution in [0, 0.1) is 17.2 Å². The van der Waals surface area contributed by atoms with Crippen LogP contribution in [0.2, 0.25) is 0 Å². The van der Waals surface area contributed by atoms with E-state index in [1.807, 2.05) is 68.4 Å². The second-order valence-corrected chi connectivity index (χ2v) is 7.18. The van der Waals surface area contributed by atoms with E-state index in [4.69, 9.17) is 24.7 Å². The molecule has 35 heavy (non-hydrogen) atoms. The van der Waals surface area contributed by atoms with Crippen molar-refractivity contribution in [1.82, 2.24) is 0 Å². The van der Waals surface area contributed by atoms with E-state index in [1.165, 1.54) is 7.11 Å². The average molecular weight is 475 g/mol. The molecule has 0 spiro atoms. The van der Waals surface area contributed by atoms with E-state index in [0.29, 0.717) is 23.8 Å². The predicted octanol–water partition coefficient (Wildman–Crippen LogP) is 5.49. The number of ether oxygens (including phenoxy) is 2. The van der Waals surface area contributed by atoms with Crippen LogP contribution in [0.4, 0.5) is 0 Å². The van der Waals surface area contributed by atoms with Crippen LogP contribution in [0.25, 0.3) is 0 Å². The molecule has 182 valence electrons. The van der Waals surface area contributed by atoms with Gasteiger partial charge in [0.15, 0.2) is 0 Å². The summed E-state index contributed by atoms with van der Waals surface area (Å²) in [4.78, 5) is 16.0. The fraction of sp³-hybridized carbons (Fsp3) is 0.250. The normalized spacial score (nSPS) is 11.3. The fourth-order valence-corrected chi connectivity index (χ4v) is 3.09. The molecule has 0 saturated heterocycles. The summed E-state index contributed by atoms with van der Waals surface area (Å²) in [6.45, 7) is 4.59. The van der Waals surface area contributed by atoms with Crippen molar-refractivity contribution in [3.63, 3.8) is 0 Å². The molecule has 0 amide bonds. The Morgan fingerprint density at radius 1 is 0.943 bits per heavy atom. The number of aliphatic carboxylic acids is 1. The number of carboxylic acid groups (broad SMARTS) is 1. The average Bonchev–Trinajstić information content (AvgIpc) is 2.91. The number of nitriles is 1. The van der Waals surface area contributed by atoms with Crippen LogP contribution >= 0.6 is 0 Å². The molecule has 1 N–H and O–H groups in total. The van der Waals surface area contributed by atoms with Crippen molar-refractivity contribution in [2.75, 3.05) is 13.7 Å². The molecule has 0 radical (unpaired) electrons. The smallest absolute Gasteiger partial charge is 0.321 e. The van der Waals surface area contributed by atoms with Crippen molar-refractivity contribution in [2.24, 2.45) is 11.1 Å². The van der Waals surface area contributed by atoms with Crippen LogP contribution < -0.4 is 9.47 Å². The van der Waals surface area contributed by atoms with E-state index in [9.17, 15) is 4.79 Å². The lowest BCUT2D eigenvalue weighted by Gasteiger charge is -2.11. The topological polar surface area (TPSA) is 101 Å². The van der Waals surface area contributed by atoms with E-state index in [-0.39, 0.29) is 13.0 Å². The quantitative estimate of drug-likeness (QED) is 0.291. The second kappa shape index (κ2) is 14.8. The van der Waals surface area contributed by atoms with Gasteiger partial charge in [-0.25, -0.2) is 0 Å². The summed E-state index contributed by atoms with van der Waals surface area (Å²) in [5.74, 6) is -0.852. The molecule has 7 nitrogen and oxygen atoms in total. The highest BCUT2D eigenvalue weighted by Gasteiger charge is 2.16. The first-order valence-electron chi connectivity index (χ1n) is 11.3. The first-order valence-corrected chi connectivity index (χ1v) is 11.3. The molecule has 0 bridgehead atoms. The van der Waals surface area contributed by atoms with Gasteiger partial charge in [-0.1, -0.05) is 73.6 Å². The molecule has 0 saturated carbocycles. The van der Waals surface area contributed by atoms with Gasteiger partial charge in [0.25, 0.3) is 0 Å². The Balaban J connectivity index is 0.00000210. The van der Waals surface area contributed by atoms with Crippen molar-refractivity contribution >= 4 is 11.7 Å². The van der Waals surface area contributed by atoms with E-state index >= 15 is 0 Å². The van der Waals surface area contributed by atoms with Gasteiger partial charge in [0.05, 0.1) is 6.07 Å². The van der Waals surface area contributed by atoms with Crippen LogP contribution in [0.3, 0.4) is 0 Å². The molecule has 0 heterocycles. The number of nitrogens with zero attached hydrogens (tertiary/aromatic N) is 2. The van der Waals surface area contributed by atoms with E-state index in [1.54, 1.807) is 30.3 Å². The van der Waals surface area contributed by atoms with Gasteiger partial charge in [-0.3, -0.25) is 4.79 Å². The van der Waals surface area contributed by atoms with Gasteiger partial charge in [0.2, 0.25) is 0 Å². The molecule has 0 aromatic heterocycles. The highest BCUT2D eigenvalue weighted by molar-refractivity contribution is 6.01. The van der Waals surface area contributed by atoms with Crippen molar-refractivity contribution in [1.29, 1.82) is 5.26 Å². The number of hydrogen-bond donors (Lipinski definition) is 1. The summed E-state index contributed by atoms with van der Waals surface area (Å²) >= 11 is 0. The minimum atomic E-state index is -1.12. The molecule has 1 atom stereocenters. The number of hydrogen-bond acceptors (Lipinski definition) is 6. The van der Waals surface area contributed by atoms with Crippen molar-refractivity contribution < 1.29 is 24.2 Å². The third-order valence-corrected chi connectivity index (χ3v) is 4.81. The number of carboxylic acids is 1. The summed E-state index contributed by atoms with van der Waals surface area (Å²) in [6, 6.07) is 26.1. The molecule has 0 fully saturated rings. The van der Waals surface area contributed by atoms with E-state index in [0.717, 1.165) is 16.7 Å². The Morgan fingerprint density at radius 2 is 1.66 bits per heavy atom. The molecule has 3 rings (SSSR count). The summed E-state index contributed by atoms with van der Waals surface area (Å²) in [5, 5.41) is 22.0. The number of carbonyl (C=O) groups is 1. The minimum Gasteiger partial charge on any atom is -0.489 e. The molecule has 1 unspecified atom stereocenters. The lowest BCUT2D eigenvalue weighted by Crippen LogP contribution is -2.14. The zero-order valence-corrected chi connectivity index (χ0v) is 20.2.